The summed E-state index contributed by atoms with van der Waals surface area (Å²) < 4.78 is 26.9. The lowest BCUT2D eigenvalue weighted by molar-refractivity contribution is 0.239. The van der Waals surface area contributed by atoms with Crippen LogP contribution in [0.5, 0.6) is 0 Å². The molecule has 5 heteroatoms. The van der Waals surface area contributed by atoms with Crippen LogP contribution in [0.15, 0.2) is 0 Å². The van der Waals surface area contributed by atoms with E-state index in [-0.39, 0.29) is 17.2 Å². The van der Waals surface area contributed by atoms with Gasteiger partial charge in [-0.25, -0.2) is 8.42 Å². The summed E-state index contributed by atoms with van der Waals surface area (Å²) in [5.74, 6) is 0.234. The van der Waals surface area contributed by atoms with E-state index in [1.165, 1.54) is 0 Å². The van der Waals surface area contributed by atoms with Gasteiger partial charge in [0.15, 0.2) is 0 Å². The molecule has 1 atom stereocenters. The molecule has 0 aromatic carbocycles. The standard InChI is InChI=1S/C14H30N2O2S/c1-12(2)15-10-13-8-6-7-9-16(13)19(17,18)11-14(3,4)5/h12-13,15H,6-11H2,1-5H3. The zero-order valence-corrected chi connectivity index (χ0v) is 13.9. The molecule has 1 saturated heterocycles. The van der Waals surface area contributed by atoms with Gasteiger partial charge in [-0.05, 0) is 18.3 Å². The third kappa shape index (κ3) is 5.79. The molecule has 1 N–H and O–H groups in total. The molecule has 0 bridgehead atoms. The number of hydrogen-bond acceptors (Lipinski definition) is 3. The van der Waals surface area contributed by atoms with E-state index in [0.29, 0.717) is 12.6 Å². The van der Waals surface area contributed by atoms with Gasteiger partial charge >= 0.3 is 0 Å². The Hall–Kier alpha value is -0.130. The summed E-state index contributed by atoms with van der Waals surface area (Å²) in [5.41, 5.74) is -0.188. The molecule has 1 aliphatic heterocycles. The quantitative estimate of drug-likeness (QED) is 0.844. The lowest BCUT2D eigenvalue weighted by Crippen LogP contribution is -2.51. The summed E-state index contributed by atoms with van der Waals surface area (Å²) in [4.78, 5) is 0. The molecule has 1 rings (SSSR count). The summed E-state index contributed by atoms with van der Waals surface area (Å²) in [5, 5.41) is 3.37. The van der Waals surface area contributed by atoms with Crippen LogP contribution in [0.4, 0.5) is 0 Å². The van der Waals surface area contributed by atoms with E-state index in [9.17, 15) is 8.42 Å². The minimum atomic E-state index is -3.14. The molecule has 1 aliphatic rings. The van der Waals surface area contributed by atoms with Crippen molar-refractivity contribution in [2.75, 3.05) is 18.8 Å². The van der Waals surface area contributed by atoms with Crippen molar-refractivity contribution >= 4 is 10.0 Å². The molecular weight excluding hydrogens is 260 g/mol. The fourth-order valence-corrected chi connectivity index (χ4v) is 4.85. The van der Waals surface area contributed by atoms with Crippen molar-refractivity contribution in [2.45, 2.75) is 66.0 Å². The van der Waals surface area contributed by atoms with Crippen LogP contribution in [0.25, 0.3) is 0 Å². The highest BCUT2D eigenvalue weighted by Crippen LogP contribution is 2.25. The summed E-state index contributed by atoms with van der Waals surface area (Å²) in [6.45, 7) is 11.6. The Morgan fingerprint density at radius 1 is 1.26 bits per heavy atom. The predicted octanol–water partition coefficient (Wildman–Crippen LogP) is 2.21. The molecule has 0 spiro atoms. The molecule has 1 heterocycles. The van der Waals surface area contributed by atoms with Crippen LogP contribution in [-0.4, -0.2) is 43.6 Å². The molecule has 0 amide bonds. The van der Waals surface area contributed by atoms with Crippen LogP contribution < -0.4 is 5.32 Å². The van der Waals surface area contributed by atoms with Crippen LogP contribution in [0.2, 0.25) is 0 Å². The fourth-order valence-electron chi connectivity index (χ4n) is 2.55. The summed E-state index contributed by atoms with van der Waals surface area (Å²) >= 11 is 0. The third-order valence-corrected chi connectivity index (χ3v) is 5.73. The second-order valence-corrected chi connectivity index (χ2v) is 9.06. The van der Waals surface area contributed by atoms with E-state index in [1.54, 1.807) is 4.31 Å². The highest BCUT2D eigenvalue weighted by Gasteiger charge is 2.34. The van der Waals surface area contributed by atoms with Crippen LogP contribution in [0.3, 0.4) is 0 Å². The number of nitrogens with zero attached hydrogens (tertiary/aromatic N) is 1. The van der Waals surface area contributed by atoms with Crippen molar-refractivity contribution in [3.63, 3.8) is 0 Å². The molecule has 0 radical (unpaired) electrons. The summed E-state index contributed by atoms with van der Waals surface area (Å²) in [6, 6.07) is 0.526. The Morgan fingerprint density at radius 2 is 1.89 bits per heavy atom. The van der Waals surface area contributed by atoms with Gasteiger partial charge in [0, 0.05) is 25.2 Å². The molecule has 4 nitrogen and oxygen atoms in total. The Bertz CT molecular complexity index is 371. The monoisotopic (exact) mass is 290 g/mol. The van der Waals surface area contributed by atoms with Gasteiger partial charge in [-0.3, -0.25) is 0 Å². The molecule has 114 valence electrons. The third-order valence-electron chi connectivity index (χ3n) is 3.31. The Morgan fingerprint density at radius 3 is 2.42 bits per heavy atom. The molecular formula is C14H30N2O2S. The summed E-state index contributed by atoms with van der Waals surface area (Å²) in [7, 11) is -3.14. The van der Waals surface area contributed by atoms with Gasteiger partial charge in [0.2, 0.25) is 10.0 Å². The molecule has 1 unspecified atom stereocenters. The number of rotatable bonds is 5. The zero-order chi connectivity index (χ0) is 14.7. The molecule has 1 fully saturated rings. The number of sulfonamides is 1. The van der Waals surface area contributed by atoms with Gasteiger partial charge < -0.3 is 5.32 Å². The number of hydrogen-bond donors (Lipinski definition) is 1. The maximum Gasteiger partial charge on any atom is 0.214 e. The average molecular weight is 290 g/mol. The maximum atomic E-state index is 12.6. The topological polar surface area (TPSA) is 49.4 Å². The zero-order valence-electron chi connectivity index (χ0n) is 13.1. The average Bonchev–Trinajstić information content (AvgIpc) is 2.23. The maximum absolute atomic E-state index is 12.6. The van der Waals surface area contributed by atoms with E-state index in [1.807, 2.05) is 20.8 Å². The predicted molar refractivity (Wildman–Crippen MR) is 80.7 cm³/mol. The molecule has 0 aromatic rings. The number of nitrogens with one attached hydrogen (secondary N) is 1. The van der Waals surface area contributed by atoms with Crippen molar-refractivity contribution in [3.8, 4) is 0 Å². The normalized spacial score (nSPS) is 22.9. The molecule has 0 aliphatic carbocycles. The van der Waals surface area contributed by atoms with Gasteiger partial charge in [0.1, 0.15) is 0 Å². The van der Waals surface area contributed by atoms with E-state index in [2.05, 4.69) is 19.2 Å². The van der Waals surface area contributed by atoms with Crippen molar-refractivity contribution in [1.82, 2.24) is 9.62 Å². The largest absolute Gasteiger partial charge is 0.313 e. The van der Waals surface area contributed by atoms with Gasteiger partial charge in [-0.1, -0.05) is 41.0 Å². The second kappa shape index (κ2) is 6.55. The highest BCUT2D eigenvalue weighted by molar-refractivity contribution is 7.89. The fraction of sp³-hybridized carbons (Fsp3) is 1.00. The van der Waals surface area contributed by atoms with Gasteiger partial charge in [-0.2, -0.15) is 4.31 Å². The van der Waals surface area contributed by atoms with E-state index in [4.69, 9.17) is 0 Å². The first-order valence-corrected chi connectivity index (χ1v) is 8.96. The Kier molecular flexibility index (Phi) is 5.83. The molecule has 0 aromatic heterocycles. The van der Waals surface area contributed by atoms with Crippen molar-refractivity contribution in [1.29, 1.82) is 0 Å². The van der Waals surface area contributed by atoms with Crippen LogP contribution >= 0.6 is 0 Å². The summed E-state index contributed by atoms with van der Waals surface area (Å²) in [6.07, 6.45) is 3.09. The molecule has 0 saturated carbocycles. The van der Waals surface area contributed by atoms with Crippen molar-refractivity contribution < 1.29 is 8.42 Å². The van der Waals surface area contributed by atoms with Gasteiger partial charge in [0.25, 0.3) is 0 Å². The van der Waals surface area contributed by atoms with E-state index >= 15 is 0 Å². The van der Waals surface area contributed by atoms with Crippen LogP contribution in [0, 0.1) is 5.41 Å². The second-order valence-electron chi connectivity index (χ2n) is 7.14. The minimum absolute atomic E-state index is 0.128. The Labute approximate surface area is 119 Å². The first-order valence-electron chi connectivity index (χ1n) is 7.35. The van der Waals surface area contributed by atoms with Crippen LogP contribution in [-0.2, 0) is 10.0 Å². The minimum Gasteiger partial charge on any atom is -0.313 e. The van der Waals surface area contributed by atoms with Crippen molar-refractivity contribution in [2.24, 2.45) is 5.41 Å². The molecule has 19 heavy (non-hydrogen) atoms. The van der Waals surface area contributed by atoms with Gasteiger partial charge in [-0.15, -0.1) is 0 Å². The lowest BCUT2D eigenvalue weighted by Gasteiger charge is -2.36. The lowest BCUT2D eigenvalue weighted by atomic mass is 10.0. The SMILES string of the molecule is CC(C)NCC1CCCCN1S(=O)(=O)CC(C)(C)C. The first-order chi connectivity index (χ1) is 8.62. The Balaban J connectivity index is 2.75. The van der Waals surface area contributed by atoms with E-state index in [0.717, 1.165) is 25.8 Å². The smallest absolute Gasteiger partial charge is 0.214 e. The van der Waals surface area contributed by atoms with Crippen molar-refractivity contribution in [3.05, 3.63) is 0 Å². The number of piperidine rings is 1. The van der Waals surface area contributed by atoms with E-state index < -0.39 is 10.0 Å². The van der Waals surface area contributed by atoms with Gasteiger partial charge in [0.05, 0.1) is 5.75 Å². The highest BCUT2D eigenvalue weighted by atomic mass is 32.2. The van der Waals surface area contributed by atoms with Crippen LogP contribution in [0.1, 0.15) is 53.9 Å². The first kappa shape index (κ1) is 16.9.